The fraction of sp³-hybridized carbons (Fsp3) is 0. The molecule has 0 saturated carbocycles. The average Bonchev–Trinajstić information content (AvgIpc) is 2.30. The van der Waals surface area contributed by atoms with Gasteiger partial charge < -0.3 is 11.1 Å². The van der Waals surface area contributed by atoms with Gasteiger partial charge in [-0.05, 0) is 36.4 Å². The van der Waals surface area contributed by atoms with E-state index < -0.39 is 11.7 Å². The highest BCUT2D eigenvalue weighted by Gasteiger charge is 2.11. The van der Waals surface area contributed by atoms with Gasteiger partial charge in [0.05, 0.1) is 5.56 Å². The van der Waals surface area contributed by atoms with Gasteiger partial charge in [0.2, 0.25) is 0 Å². The number of carbonyl (C=O) groups is 1. The minimum absolute atomic E-state index is 0.0519. The standard InChI is InChI=1S/C13H9Cl2FN2O/c14-7-3-8(15)5-10(4-7)18-13(19)11-6-9(16)1-2-12(11)17/h1-6H,17H2,(H,18,19). The third-order valence-electron chi connectivity index (χ3n) is 2.38. The van der Waals surface area contributed by atoms with E-state index in [1.807, 2.05) is 0 Å². The van der Waals surface area contributed by atoms with Gasteiger partial charge in [0, 0.05) is 21.4 Å². The van der Waals surface area contributed by atoms with E-state index in [1.165, 1.54) is 30.3 Å². The molecule has 0 atom stereocenters. The van der Waals surface area contributed by atoms with Crippen molar-refractivity contribution in [3.63, 3.8) is 0 Å². The highest BCUT2D eigenvalue weighted by molar-refractivity contribution is 6.35. The molecule has 0 spiro atoms. The maximum atomic E-state index is 13.1. The molecule has 98 valence electrons. The number of anilines is 2. The second kappa shape index (κ2) is 5.47. The van der Waals surface area contributed by atoms with Gasteiger partial charge in [-0.3, -0.25) is 4.79 Å². The molecule has 2 aromatic rings. The van der Waals surface area contributed by atoms with E-state index in [4.69, 9.17) is 28.9 Å². The summed E-state index contributed by atoms with van der Waals surface area (Å²) in [5, 5.41) is 3.32. The van der Waals surface area contributed by atoms with Crippen molar-refractivity contribution < 1.29 is 9.18 Å². The summed E-state index contributed by atoms with van der Waals surface area (Å²) >= 11 is 11.6. The maximum absolute atomic E-state index is 13.1. The Bertz CT molecular complexity index is 626. The Hall–Kier alpha value is -1.78. The van der Waals surface area contributed by atoms with E-state index in [1.54, 1.807) is 0 Å². The van der Waals surface area contributed by atoms with Crippen molar-refractivity contribution in [2.24, 2.45) is 0 Å². The van der Waals surface area contributed by atoms with Crippen molar-refractivity contribution >= 4 is 40.5 Å². The highest BCUT2D eigenvalue weighted by Crippen LogP contribution is 2.23. The van der Waals surface area contributed by atoms with Crippen LogP contribution in [-0.4, -0.2) is 5.91 Å². The zero-order valence-corrected chi connectivity index (χ0v) is 11.1. The van der Waals surface area contributed by atoms with Crippen molar-refractivity contribution in [1.82, 2.24) is 0 Å². The van der Waals surface area contributed by atoms with Crippen molar-refractivity contribution in [2.45, 2.75) is 0 Å². The van der Waals surface area contributed by atoms with Gasteiger partial charge >= 0.3 is 0 Å². The molecular formula is C13H9Cl2FN2O. The largest absolute Gasteiger partial charge is 0.398 e. The van der Waals surface area contributed by atoms with E-state index in [0.717, 1.165) is 6.07 Å². The number of benzene rings is 2. The molecule has 2 aromatic carbocycles. The Kier molecular flexibility index (Phi) is 3.93. The fourth-order valence-electron chi connectivity index (χ4n) is 1.55. The molecule has 6 heteroatoms. The van der Waals surface area contributed by atoms with Gasteiger partial charge in [0.1, 0.15) is 5.82 Å². The molecule has 0 bridgehead atoms. The number of hydrogen-bond donors (Lipinski definition) is 2. The van der Waals surface area contributed by atoms with Gasteiger partial charge in [-0.1, -0.05) is 23.2 Å². The van der Waals surface area contributed by atoms with Crippen LogP contribution >= 0.6 is 23.2 Å². The van der Waals surface area contributed by atoms with E-state index in [9.17, 15) is 9.18 Å². The Morgan fingerprint density at radius 1 is 1.11 bits per heavy atom. The first-order chi connectivity index (χ1) is 8.95. The molecule has 0 heterocycles. The molecule has 0 fully saturated rings. The molecule has 19 heavy (non-hydrogen) atoms. The molecule has 0 radical (unpaired) electrons. The van der Waals surface area contributed by atoms with Crippen molar-refractivity contribution in [2.75, 3.05) is 11.1 Å². The summed E-state index contributed by atoms with van der Waals surface area (Å²) in [6.45, 7) is 0. The van der Waals surface area contributed by atoms with Crippen LogP contribution < -0.4 is 11.1 Å². The third-order valence-corrected chi connectivity index (χ3v) is 2.82. The molecule has 0 saturated heterocycles. The predicted molar refractivity (Wildman–Crippen MR) is 75.2 cm³/mol. The molecule has 0 aliphatic rings. The number of rotatable bonds is 2. The van der Waals surface area contributed by atoms with E-state index >= 15 is 0 Å². The molecule has 1 amide bonds. The Balaban J connectivity index is 2.28. The van der Waals surface area contributed by atoms with E-state index in [-0.39, 0.29) is 11.3 Å². The predicted octanol–water partition coefficient (Wildman–Crippen LogP) is 3.97. The topological polar surface area (TPSA) is 55.1 Å². The minimum Gasteiger partial charge on any atom is -0.398 e. The van der Waals surface area contributed by atoms with Gasteiger partial charge in [-0.25, -0.2) is 4.39 Å². The van der Waals surface area contributed by atoms with Gasteiger partial charge in [0.15, 0.2) is 0 Å². The molecule has 0 aliphatic heterocycles. The molecule has 0 aromatic heterocycles. The summed E-state index contributed by atoms with van der Waals surface area (Å²) in [6, 6.07) is 8.17. The Morgan fingerprint density at radius 3 is 2.37 bits per heavy atom. The highest BCUT2D eigenvalue weighted by atomic mass is 35.5. The quantitative estimate of drug-likeness (QED) is 0.824. The summed E-state index contributed by atoms with van der Waals surface area (Å²) in [4.78, 5) is 12.0. The lowest BCUT2D eigenvalue weighted by Gasteiger charge is -2.08. The summed E-state index contributed by atoms with van der Waals surface area (Å²) < 4.78 is 13.1. The van der Waals surface area contributed by atoms with E-state index in [2.05, 4.69) is 5.32 Å². The first-order valence-corrected chi connectivity index (χ1v) is 6.04. The van der Waals surface area contributed by atoms with Crippen LogP contribution in [0.5, 0.6) is 0 Å². The fourth-order valence-corrected chi connectivity index (χ4v) is 2.08. The minimum atomic E-state index is -0.538. The third kappa shape index (κ3) is 3.36. The van der Waals surface area contributed by atoms with Crippen LogP contribution in [0.3, 0.4) is 0 Å². The van der Waals surface area contributed by atoms with Crippen LogP contribution in [0.15, 0.2) is 36.4 Å². The van der Waals surface area contributed by atoms with E-state index in [0.29, 0.717) is 15.7 Å². The molecule has 0 aliphatic carbocycles. The zero-order valence-electron chi connectivity index (χ0n) is 9.58. The number of nitrogens with one attached hydrogen (secondary N) is 1. The molecule has 3 N–H and O–H groups in total. The first kappa shape index (κ1) is 13.6. The van der Waals surface area contributed by atoms with Gasteiger partial charge in [-0.15, -0.1) is 0 Å². The van der Waals surface area contributed by atoms with Crippen molar-refractivity contribution in [3.05, 3.63) is 57.8 Å². The Labute approximate surface area is 119 Å². The number of hydrogen-bond acceptors (Lipinski definition) is 2. The van der Waals surface area contributed by atoms with Crippen LogP contribution in [0, 0.1) is 5.82 Å². The van der Waals surface area contributed by atoms with Crippen molar-refractivity contribution in [1.29, 1.82) is 0 Å². The van der Waals surface area contributed by atoms with Crippen LogP contribution in [0.2, 0.25) is 10.0 Å². The van der Waals surface area contributed by atoms with Crippen molar-refractivity contribution in [3.8, 4) is 0 Å². The average molecular weight is 299 g/mol. The maximum Gasteiger partial charge on any atom is 0.257 e. The first-order valence-electron chi connectivity index (χ1n) is 5.28. The number of nitrogen functional groups attached to an aromatic ring is 1. The number of carbonyl (C=O) groups excluding carboxylic acids is 1. The molecule has 2 rings (SSSR count). The summed E-state index contributed by atoms with van der Waals surface area (Å²) in [5.74, 6) is -1.07. The molecule has 0 unspecified atom stereocenters. The summed E-state index contributed by atoms with van der Waals surface area (Å²) in [5.41, 5.74) is 6.27. The van der Waals surface area contributed by atoms with Crippen LogP contribution in [0.4, 0.5) is 15.8 Å². The van der Waals surface area contributed by atoms with Gasteiger partial charge in [-0.2, -0.15) is 0 Å². The normalized spacial score (nSPS) is 10.3. The number of halogens is 3. The monoisotopic (exact) mass is 298 g/mol. The lowest BCUT2D eigenvalue weighted by atomic mass is 10.1. The number of amides is 1. The zero-order chi connectivity index (χ0) is 14.0. The SMILES string of the molecule is Nc1ccc(F)cc1C(=O)Nc1cc(Cl)cc(Cl)c1. The summed E-state index contributed by atoms with van der Waals surface area (Å²) in [7, 11) is 0. The van der Waals surface area contributed by atoms with Crippen LogP contribution in [-0.2, 0) is 0 Å². The second-order valence-corrected chi connectivity index (χ2v) is 4.72. The van der Waals surface area contributed by atoms with Gasteiger partial charge in [0.25, 0.3) is 5.91 Å². The Morgan fingerprint density at radius 2 is 1.74 bits per heavy atom. The second-order valence-electron chi connectivity index (χ2n) is 3.84. The lowest BCUT2D eigenvalue weighted by molar-refractivity contribution is 0.102. The summed E-state index contributed by atoms with van der Waals surface area (Å²) in [6.07, 6.45) is 0. The lowest BCUT2D eigenvalue weighted by Crippen LogP contribution is -2.14. The van der Waals surface area contributed by atoms with Crippen LogP contribution in [0.25, 0.3) is 0 Å². The van der Waals surface area contributed by atoms with Crippen LogP contribution in [0.1, 0.15) is 10.4 Å². The molecular weight excluding hydrogens is 290 g/mol. The molecule has 3 nitrogen and oxygen atoms in total. The number of nitrogens with two attached hydrogens (primary N) is 1. The smallest absolute Gasteiger partial charge is 0.257 e.